The van der Waals surface area contributed by atoms with Crippen LogP contribution in [0.5, 0.6) is 0 Å². The minimum Gasteiger partial charge on any atom is -0.378 e. The number of nitrogens with zero attached hydrogens (tertiary/aromatic N) is 3. The van der Waals surface area contributed by atoms with Crippen molar-refractivity contribution in [2.75, 3.05) is 25.5 Å². The quantitative estimate of drug-likeness (QED) is 0.778. The van der Waals surface area contributed by atoms with Crippen molar-refractivity contribution in [2.45, 2.75) is 26.3 Å². The standard InChI is InChI=1S/C18H24ClN3O3S/c1-13-18(14(2)21(3)20-13)17-12-25-10-9-22(17)26(23,24)11-8-15-6-4-5-7-16(15)19/h4-7,17H,8-12H2,1-3H3. The van der Waals surface area contributed by atoms with E-state index in [1.165, 1.54) is 0 Å². The van der Waals surface area contributed by atoms with E-state index < -0.39 is 10.0 Å². The highest BCUT2D eigenvalue weighted by Gasteiger charge is 2.36. The third-order valence-electron chi connectivity index (χ3n) is 4.92. The summed E-state index contributed by atoms with van der Waals surface area (Å²) in [6.07, 6.45) is 0.386. The molecule has 1 aliphatic rings. The van der Waals surface area contributed by atoms with Crippen LogP contribution in [0.15, 0.2) is 24.3 Å². The van der Waals surface area contributed by atoms with Gasteiger partial charge in [-0.15, -0.1) is 0 Å². The summed E-state index contributed by atoms with van der Waals surface area (Å²) in [7, 11) is -1.60. The van der Waals surface area contributed by atoms with E-state index in [1.54, 1.807) is 15.1 Å². The Labute approximate surface area is 159 Å². The van der Waals surface area contributed by atoms with E-state index in [-0.39, 0.29) is 11.8 Å². The second kappa shape index (κ2) is 7.68. The number of hydrogen-bond donors (Lipinski definition) is 0. The largest absolute Gasteiger partial charge is 0.378 e. The Kier molecular flexibility index (Phi) is 5.72. The average molecular weight is 398 g/mol. The van der Waals surface area contributed by atoms with E-state index in [4.69, 9.17) is 16.3 Å². The summed E-state index contributed by atoms with van der Waals surface area (Å²) in [6.45, 7) is 4.96. The molecule has 142 valence electrons. The maximum absolute atomic E-state index is 13.1. The molecule has 1 aliphatic heterocycles. The van der Waals surface area contributed by atoms with Gasteiger partial charge in [-0.05, 0) is 31.9 Å². The first-order valence-electron chi connectivity index (χ1n) is 8.62. The van der Waals surface area contributed by atoms with Gasteiger partial charge in [-0.3, -0.25) is 4.68 Å². The monoisotopic (exact) mass is 397 g/mol. The molecule has 0 bridgehead atoms. The van der Waals surface area contributed by atoms with Gasteiger partial charge in [0.2, 0.25) is 10.0 Å². The molecule has 1 unspecified atom stereocenters. The van der Waals surface area contributed by atoms with Gasteiger partial charge in [0, 0.05) is 29.9 Å². The second-order valence-corrected chi connectivity index (χ2v) is 9.02. The fraction of sp³-hybridized carbons (Fsp3) is 0.500. The van der Waals surface area contributed by atoms with Crippen LogP contribution in [0.25, 0.3) is 0 Å². The third kappa shape index (κ3) is 3.81. The highest BCUT2D eigenvalue weighted by Crippen LogP contribution is 2.31. The molecule has 0 amide bonds. The summed E-state index contributed by atoms with van der Waals surface area (Å²) >= 11 is 6.17. The third-order valence-corrected chi connectivity index (χ3v) is 7.16. The molecule has 1 fully saturated rings. The van der Waals surface area contributed by atoms with Gasteiger partial charge in [-0.2, -0.15) is 9.40 Å². The fourth-order valence-corrected chi connectivity index (χ4v) is 5.33. The predicted molar refractivity (Wildman–Crippen MR) is 102 cm³/mol. The van der Waals surface area contributed by atoms with E-state index in [0.29, 0.717) is 31.2 Å². The Balaban J connectivity index is 1.85. The number of ether oxygens (including phenoxy) is 1. The number of aromatic nitrogens is 2. The zero-order chi connectivity index (χ0) is 18.9. The van der Waals surface area contributed by atoms with Crippen LogP contribution < -0.4 is 0 Å². The van der Waals surface area contributed by atoms with E-state index in [9.17, 15) is 8.42 Å². The smallest absolute Gasteiger partial charge is 0.215 e. The first kappa shape index (κ1) is 19.4. The second-order valence-electron chi connectivity index (χ2n) is 6.57. The van der Waals surface area contributed by atoms with Crippen LogP contribution in [0.1, 0.15) is 28.6 Å². The average Bonchev–Trinajstić information content (AvgIpc) is 2.86. The maximum atomic E-state index is 13.1. The molecule has 2 aromatic rings. The lowest BCUT2D eigenvalue weighted by Crippen LogP contribution is -2.45. The predicted octanol–water partition coefficient (Wildman–Crippen LogP) is 2.64. The molecule has 0 spiro atoms. The van der Waals surface area contributed by atoms with Gasteiger partial charge in [-0.25, -0.2) is 8.42 Å². The van der Waals surface area contributed by atoms with E-state index in [1.807, 2.05) is 39.1 Å². The van der Waals surface area contributed by atoms with Crippen LogP contribution >= 0.6 is 11.6 Å². The van der Waals surface area contributed by atoms with Gasteiger partial charge in [0.1, 0.15) is 0 Å². The summed E-state index contributed by atoms with van der Waals surface area (Å²) in [5, 5.41) is 5.03. The minimum absolute atomic E-state index is 0.0194. The van der Waals surface area contributed by atoms with Gasteiger partial charge < -0.3 is 4.74 Å². The molecule has 2 heterocycles. The highest BCUT2D eigenvalue weighted by molar-refractivity contribution is 7.89. The number of benzene rings is 1. The molecular formula is C18H24ClN3O3S. The van der Waals surface area contributed by atoms with E-state index in [2.05, 4.69) is 5.10 Å². The number of morpholine rings is 1. The Morgan fingerprint density at radius 1 is 1.31 bits per heavy atom. The molecular weight excluding hydrogens is 374 g/mol. The number of aryl methyl sites for hydroxylation is 3. The first-order chi connectivity index (χ1) is 12.3. The van der Waals surface area contributed by atoms with Crippen LogP contribution in [-0.2, 0) is 28.2 Å². The molecule has 0 radical (unpaired) electrons. The van der Waals surface area contributed by atoms with E-state index in [0.717, 1.165) is 22.5 Å². The summed E-state index contributed by atoms with van der Waals surface area (Å²) in [5.74, 6) is 0.0194. The van der Waals surface area contributed by atoms with Crippen LogP contribution in [0.4, 0.5) is 0 Å². The van der Waals surface area contributed by atoms with Crippen molar-refractivity contribution in [3.63, 3.8) is 0 Å². The van der Waals surface area contributed by atoms with Gasteiger partial charge in [-0.1, -0.05) is 29.8 Å². The van der Waals surface area contributed by atoms with Gasteiger partial charge in [0.15, 0.2) is 0 Å². The first-order valence-corrected chi connectivity index (χ1v) is 10.6. The van der Waals surface area contributed by atoms with Gasteiger partial charge in [0.05, 0.1) is 30.7 Å². The zero-order valence-corrected chi connectivity index (χ0v) is 16.8. The van der Waals surface area contributed by atoms with Crippen LogP contribution in [-0.4, -0.2) is 48.0 Å². The fourth-order valence-electron chi connectivity index (χ4n) is 3.48. The Morgan fingerprint density at radius 3 is 2.69 bits per heavy atom. The zero-order valence-electron chi connectivity index (χ0n) is 15.3. The Morgan fingerprint density at radius 2 is 2.04 bits per heavy atom. The molecule has 8 heteroatoms. The molecule has 0 aliphatic carbocycles. The number of hydrogen-bond acceptors (Lipinski definition) is 4. The van der Waals surface area contributed by atoms with Crippen LogP contribution in [0, 0.1) is 13.8 Å². The normalized spacial score (nSPS) is 19.0. The highest BCUT2D eigenvalue weighted by atomic mass is 35.5. The molecule has 1 atom stereocenters. The van der Waals surface area contributed by atoms with Crippen molar-refractivity contribution in [1.82, 2.24) is 14.1 Å². The molecule has 0 N–H and O–H groups in total. The van der Waals surface area contributed by atoms with Gasteiger partial charge in [0.25, 0.3) is 0 Å². The van der Waals surface area contributed by atoms with Crippen molar-refractivity contribution in [1.29, 1.82) is 0 Å². The minimum atomic E-state index is -3.46. The molecule has 6 nitrogen and oxygen atoms in total. The van der Waals surface area contributed by atoms with Crippen LogP contribution in [0.2, 0.25) is 5.02 Å². The van der Waals surface area contributed by atoms with E-state index >= 15 is 0 Å². The van der Waals surface area contributed by atoms with Crippen LogP contribution in [0.3, 0.4) is 0 Å². The molecule has 1 aromatic heterocycles. The number of halogens is 1. The SMILES string of the molecule is Cc1nn(C)c(C)c1C1COCCN1S(=O)(=O)CCc1ccccc1Cl. The lowest BCUT2D eigenvalue weighted by atomic mass is 10.0. The van der Waals surface area contributed by atoms with Crippen molar-refractivity contribution in [3.8, 4) is 0 Å². The van der Waals surface area contributed by atoms with Crippen molar-refractivity contribution in [2.24, 2.45) is 7.05 Å². The van der Waals surface area contributed by atoms with Gasteiger partial charge >= 0.3 is 0 Å². The lowest BCUT2D eigenvalue weighted by Gasteiger charge is -2.35. The lowest BCUT2D eigenvalue weighted by molar-refractivity contribution is 0.0316. The summed E-state index contributed by atoms with van der Waals surface area (Å²) in [5.41, 5.74) is 3.58. The molecule has 26 heavy (non-hydrogen) atoms. The summed E-state index contributed by atoms with van der Waals surface area (Å²) < 4.78 is 35.1. The topological polar surface area (TPSA) is 64.4 Å². The summed E-state index contributed by atoms with van der Waals surface area (Å²) in [6, 6.07) is 7.02. The number of sulfonamides is 1. The molecule has 3 rings (SSSR count). The summed E-state index contributed by atoms with van der Waals surface area (Å²) in [4.78, 5) is 0. The Bertz CT molecular complexity index is 895. The molecule has 1 aromatic carbocycles. The molecule has 1 saturated heterocycles. The van der Waals surface area contributed by atoms with Crippen molar-refractivity contribution in [3.05, 3.63) is 51.8 Å². The maximum Gasteiger partial charge on any atom is 0.215 e. The number of rotatable bonds is 5. The Hall–Kier alpha value is -1.41. The van der Waals surface area contributed by atoms with Crippen molar-refractivity contribution < 1.29 is 13.2 Å². The van der Waals surface area contributed by atoms with Crippen molar-refractivity contribution >= 4 is 21.6 Å². The molecule has 0 saturated carbocycles.